The maximum Gasteiger partial charge on any atom is 0.246 e. The third kappa shape index (κ3) is 3.58. The molecule has 1 aromatic carbocycles. The highest BCUT2D eigenvalue weighted by atomic mass is 79.9. The highest BCUT2D eigenvalue weighted by molar-refractivity contribution is 9.10. The lowest BCUT2D eigenvalue weighted by atomic mass is 10.1. The third-order valence-electron chi connectivity index (χ3n) is 3.15. The second-order valence-electron chi connectivity index (χ2n) is 4.53. The molecule has 108 valence electrons. The minimum atomic E-state index is -0.265. The van der Waals surface area contributed by atoms with Crippen molar-refractivity contribution in [2.24, 2.45) is 0 Å². The van der Waals surface area contributed by atoms with Crippen LogP contribution >= 0.6 is 15.9 Å². The fourth-order valence-corrected chi connectivity index (χ4v) is 2.45. The number of hydrogen-bond acceptors (Lipinski definition) is 4. The van der Waals surface area contributed by atoms with Crippen molar-refractivity contribution >= 4 is 27.7 Å². The molecule has 0 bridgehead atoms. The van der Waals surface area contributed by atoms with Crippen LogP contribution in [0, 0.1) is 0 Å². The SMILES string of the molecule is CCC1NCC(=O)N(CCOc2cccc(Br)c2)C1=O. The molecule has 0 saturated carbocycles. The maximum absolute atomic E-state index is 12.0. The Hall–Kier alpha value is -1.40. The highest BCUT2D eigenvalue weighted by Gasteiger charge is 2.32. The molecule has 1 aromatic rings. The second kappa shape index (κ2) is 6.85. The van der Waals surface area contributed by atoms with Crippen LogP contribution in [0.1, 0.15) is 13.3 Å². The van der Waals surface area contributed by atoms with Gasteiger partial charge in [0.05, 0.1) is 19.1 Å². The first kappa shape index (κ1) is 15.0. The molecule has 20 heavy (non-hydrogen) atoms. The number of nitrogens with zero attached hydrogens (tertiary/aromatic N) is 1. The van der Waals surface area contributed by atoms with Gasteiger partial charge < -0.3 is 4.74 Å². The lowest BCUT2D eigenvalue weighted by Crippen LogP contribution is -2.58. The van der Waals surface area contributed by atoms with Crippen molar-refractivity contribution in [2.75, 3.05) is 19.7 Å². The number of imide groups is 1. The third-order valence-corrected chi connectivity index (χ3v) is 3.65. The van der Waals surface area contributed by atoms with Crippen LogP contribution in [0.3, 0.4) is 0 Å². The van der Waals surface area contributed by atoms with Crippen LogP contribution in [0.15, 0.2) is 28.7 Å². The van der Waals surface area contributed by atoms with Crippen LogP contribution in [0.2, 0.25) is 0 Å². The smallest absolute Gasteiger partial charge is 0.246 e. The van der Waals surface area contributed by atoms with E-state index in [1.165, 1.54) is 4.90 Å². The van der Waals surface area contributed by atoms with Gasteiger partial charge in [-0.2, -0.15) is 0 Å². The minimum absolute atomic E-state index is 0.165. The molecule has 1 aliphatic rings. The van der Waals surface area contributed by atoms with Gasteiger partial charge in [-0.05, 0) is 24.6 Å². The second-order valence-corrected chi connectivity index (χ2v) is 5.45. The zero-order valence-electron chi connectivity index (χ0n) is 11.3. The van der Waals surface area contributed by atoms with Crippen molar-refractivity contribution in [2.45, 2.75) is 19.4 Å². The van der Waals surface area contributed by atoms with E-state index in [9.17, 15) is 9.59 Å². The molecule has 1 atom stereocenters. The lowest BCUT2D eigenvalue weighted by Gasteiger charge is -2.30. The molecule has 1 heterocycles. The van der Waals surface area contributed by atoms with Crippen LogP contribution < -0.4 is 10.1 Å². The summed E-state index contributed by atoms with van der Waals surface area (Å²) in [5, 5.41) is 2.93. The molecule has 1 aliphatic heterocycles. The summed E-state index contributed by atoms with van der Waals surface area (Å²) in [6.45, 7) is 2.70. The number of hydrogen-bond donors (Lipinski definition) is 1. The van der Waals surface area contributed by atoms with E-state index in [2.05, 4.69) is 21.2 Å². The molecule has 1 fully saturated rings. The molecule has 0 aromatic heterocycles. The highest BCUT2D eigenvalue weighted by Crippen LogP contribution is 2.17. The topological polar surface area (TPSA) is 58.6 Å². The molecule has 0 aliphatic carbocycles. The van der Waals surface area contributed by atoms with Gasteiger partial charge in [0.1, 0.15) is 12.4 Å². The number of benzene rings is 1. The van der Waals surface area contributed by atoms with E-state index in [0.29, 0.717) is 18.8 Å². The summed E-state index contributed by atoms with van der Waals surface area (Å²) in [7, 11) is 0. The van der Waals surface area contributed by atoms with E-state index in [-0.39, 0.29) is 30.9 Å². The number of nitrogens with one attached hydrogen (secondary N) is 1. The van der Waals surface area contributed by atoms with Gasteiger partial charge in [-0.1, -0.05) is 28.9 Å². The number of carbonyl (C=O) groups is 2. The van der Waals surface area contributed by atoms with Crippen LogP contribution in [0.5, 0.6) is 5.75 Å². The first-order valence-corrected chi connectivity index (χ1v) is 7.37. The fourth-order valence-electron chi connectivity index (χ4n) is 2.07. The van der Waals surface area contributed by atoms with E-state index in [0.717, 1.165) is 4.47 Å². The Kier molecular flexibility index (Phi) is 5.14. The van der Waals surface area contributed by atoms with E-state index in [1.54, 1.807) is 0 Å². The van der Waals surface area contributed by atoms with Gasteiger partial charge in [0.15, 0.2) is 0 Å². The van der Waals surface area contributed by atoms with Crippen LogP contribution in [0.25, 0.3) is 0 Å². The molecule has 1 N–H and O–H groups in total. The number of halogens is 1. The zero-order valence-corrected chi connectivity index (χ0v) is 12.9. The fraction of sp³-hybridized carbons (Fsp3) is 0.429. The predicted molar refractivity (Wildman–Crippen MR) is 78.4 cm³/mol. The number of amides is 2. The first-order valence-electron chi connectivity index (χ1n) is 6.57. The minimum Gasteiger partial charge on any atom is -0.492 e. The Bertz CT molecular complexity index is 507. The average molecular weight is 341 g/mol. The standard InChI is InChI=1S/C14H17BrN2O3/c1-2-12-14(19)17(13(18)9-16-12)6-7-20-11-5-3-4-10(15)8-11/h3-5,8,12,16H,2,6-7,9H2,1H3. The van der Waals surface area contributed by atoms with E-state index >= 15 is 0 Å². The Morgan fingerprint density at radius 3 is 2.95 bits per heavy atom. The average Bonchev–Trinajstić information content (AvgIpc) is 2.43. The molecular weight excluding hydrogens is 324 g/mol. The largest absolute Gasteiger partial charge is 0.492 e. The monoisotopic (exact) mass is 340 g/mol. The summed E-state index contributed by atoms with van der Waals surface area (Å²) < 4.78 is 6.48. The number of piperazine rings is 1. The van der Waals surface area contributed by atoms with Gasteiger partial charge >= 0.3 is 0 Å². The molecule has 2 rings (SSSR count). The van der Waals surface area contributed by atoms with Crippen LogP contribution in [-0.4, -0.2) is 42.5 Å². The molecule has 2 amide bonds. The van der Waals surface area contributed by atoms with Crippen molar-refractivity contribution in [3.63, 3.8) is 0 Å². The van der Waals surface area contributed by atoms with Crippen LogP contribution in [-0.2, 0) is 9.59 Å². The number of ether oxygens (including phenoxy) is 1. The Labute approximate surface area is 126 Å². The van der Waals surface area contributed by atoms with Gasteiger partial charge in [-0.25, -0.2) is 0 Å². The summed E-state index contributed by atoms with van der Waals surface area (Å²) in [6.07, 6.45) is 0.676. The quantitative estimate of drug-likeness (QED) is 0.826. The van der Waals surface area contributed by atoms with Gasteiger partial charge in [0.25, 0.3) is 0 Å². The van der Waals surface area contributed by atoms with E-state index < -0.39 is 0 Å². The van der Waals surface area contributed by atoms with Gasteiger partial charge in [0.2, 0.25) is 11.8 Å². The summed E-state index contributed by atoms with van der Waals surface area (Å²) in [5.74, 6) is 0.348. The van der Waals surface area contributed by atoms with Crippen LogP contribution in [0.4, 0.5) is 0 Å². The molecule has 1 unspecified atom stereocenters. The molecule has 0 radical (unpaired) electrons. The Balaban J connectivity index is 1.89. The summed E-state index contributed by atoms with van der Waals surface area (Å²) >= 11 is 3.36. The van der Waals surface area contributed by atoms with Crippen molar-refractivity contribution in [3.05, 3.63) is 28.7 Å². The molecule has 0 spiro atoms. The molecule has 6 heteroatoms. The van der Waals surface area contributed by atoms with Crippen molar-refractivity contribution in [3.8, 4) is 5.75 Å². The van der Waals surface area contributed by atoms with Crippen molar-refractivity contribution in [1.82, 2.24) is 10.2 Å². The summed E-state index contributed by atoms with van der Waals surface area (Å²) in [4.78, 5) is 25.1. The lowest BCUT2D eigenvalue weighted by molar-refractivity contribution is -0.149. The summed E-state index contributed by atoms with van der Waals surface area (Å²) in [5.41, 5.74) is 0. The zero-order chi connectivity index (χ0) is 14.5. The van der Waals surface area contributed by atoms with Crippen molar-refractivity contribution in [1.29, 1.82) is 0 Å². The first-order chi connectivity index (χ1) is 9.61. The summed E-state index contributed by atoms with van der Waals surface area (Å²) in [6, 6.07) is 7.19. The maximum atomic E-state index is 12.0. The number of rotatable bonds is 5. The Morgan fingerprint density at radius 2 is 2.25 bits per heavy atom. The molecular formula is C14H17BrN2O3. The normalized spacial score (nSPS) is 19.3. The number of carbonyl (C=O) groups excluding carboxylic acids is 2. The molecule has 1 saturated heterocycles. The predicted octanol–water partition coefficient (Wildman–Crippen LogP) is 1.56. The van der Waals surface area contributed by atoms with E-state index in [4.69, 9.17) is 4.74 Å². The Morgan fingerprint density at radius 1 is 1.45 bits per heavy atom. The van der Waals surface area contributed by atoms with E-state index in [1.807, 2.05) is 31.2 Å². The van der Waals surface area contributed by atoms with Gasteiger partial charge in [-0.15, -0.1) is 0 Å². The molecule has 5 nitrogen and oxygen atoms in total. The van der Waals surface area contributed by atoms with Crippen molar-refractivity contribution < 1.29 is 14.3 Å². The van der Waals surface area contributed by atoms with Gasteiger partial charge in [0, 0.05) is 4.47 Å². The van der Waals surface area contributed by atoms with Gasteiger partial charge in [-0.3, -0.25) is 19.8 Å².